The van der Waals surface area contributed by atoms with Crippen molar-refractivity contribution in [1.82, 2.24) is 0 Å². The highest BCUT2D eigenvalue weighted by molar-refractivity contribution is 4.61. The first-order chi connectivity index (χ1) is 5.81. The maximum Gasteiger partial charge on any atom is 0.126 e. The van der Waals surface area contributed by atoms with Gasteiger partial charge in [0.25, 0.3) is 0 Å². The Kier molecular flexibility index (Phi) is 5.53. The first-order valence-corrected chi connectivity index (χ1v) is 4.96. The summed E-state index contributed by atoms with van der Waals surface area (Å²) in [6.45, 7) is 11.3. The summed E-state index contributed by atoms with van der Waals surface area (Å²) in [7, 11) is 0. The summed E-state index contributed by atoms with van der Waals surface area (Å²) in [6, 6.07) is 0.532. The van der Waals surface area contributed by atoms with E-state index in [2.05, 4.69) is 19.2 Å². The Hall–Kier alpha value is -0.120. The van der Waals surface area contributed by atoms with E-state index in [-0.39, 0.29) is 11.7 Å². The molecule has 0 aliphatic rings. The van der Waals surface area contributed by atoms with Gasteiger partial charge in [-0.05, 0) is 34.6 Å². The van der Waals surface area contributed by atoms with Crippen LogP contribution in [-0.2, 0) is 4.74 Å². The van der Waals surface area contributed by atoms with Crippen molar-refractivity contribution in [2.75, 3.05) is 13.2 Å². The molecule has 0 unspecified atom stereocenters. The quantitative estimate of drug-likeness (QED) is 0.647. The molecule has 0 aromatic heterocycles. The van der Waals surface area contributed by atoms with Gasteiger partial charge in [-0.15, -0.1) is 0 Å². The fraction of sp³-hybridized carbons (Fsp3) is 1.00. The summed E-state index contributed by atoms with van der Waals surface area (Å²) < 4.78 is 5.45. The summed E-state index contributed by atoms with van der Waals surface area (Å²) in [6.07, 6.45) is -0.360. The number of quaternary nitrogens is 1. The fourth-order valence-electron chi connectivity index (χ4n) is 0.843. The zero-order valence-electron chi connectivity index (χ0n) is 9.50. The van der Waals surface area contributed by atoms with Crippen molar-refractivity contribution in [3.8, 4) is 0 Å². The summed E-state index contributed by atoms with van der Waals surface area (Å²) in [5.41, 5.74) is -0.154. The smallest absolute Gasteiger partial charge is 0.126 e. The van der Waals surface area contributed by atoms with Gasteiger partial charge in [0, 0.05) is 0 Å². The van der Waals surface area contributed by atoms with Gasteiger partial charge in [-0.2, -0.15) is 0 Å². The van der Waals surface area contributed by atoms with Crippen LogP contribution in [0.15, 0.2) is 0 Å². The van der Waals surface area contributed by atoms with Crippen LogP contribution in [-0.4, -0.2) is 36.0 Å². The van der Waals surface area contributed by atoms with Crippen molar-refractivity contribution in [2.45, 2.75) is 52.4 Å². The standard InChI is InChI=1S/C10H23NO2/c1-8(2)11-6-9(12)7-13-10(3,4)5/h8-9,11-12H,6-7H2,1-5H3/p+1/t9-/m1/s1. The number of ether oxygens (including phenoxy) is 1. The topological polar surface area (TPSA) is 46.1 Å². The van der Waals surface area contributed by atoms with Crippen LogP contribution < -0.4 is 5.32 Å². The van der Waals surface area contributed by atoms with Gasteiger partial charge < -0.3 is 15.2 Å². The molecule has 13 heavy (non-hydrogen) atoms. The molecule has 0 aliphatic heterocycles. The minimum atomic E-state index is -0.360. The molecule has 0 heterocycles. The summed E-state index contributed by atoms with van der Waals surface area (Å²) in [4.78, 5) is 0. The molecular weight excluding hydrogens is 166 g/mol. The van der Waals surface area contributed by atoms with Crippen molar-refractivity contribution >= 4 is 0 Å². The van der Waals surface area contributed by atoms with E-state index < -0.39 is 0 Å². The third kappa shape index (κ3) is 9.80. The normalized spacial score (nSPS) is 15.0. The molecule has 0 saturated carbocycles. The van der Waals surface area contributed by atoms with E-state index in [1.165, 1.54) is 0 Å². The molecule has 0 aliphatic carbocycles. The monoisotopic (exact) mass is 190 g/mol. The van der Waals surface area contributed by atoms with Crippen molar-refractivity contribution in [3.63, 3.8) is 0 Å². The molecule has 0 radical (unpaired) electrons. The first-order valence-electron chi connectivity index (χ1n) is 4.96. The lowest BCUT2D eigenvalue weighted by Gasteiger charge is -2.21. The molecule has 0 amide bonds. The van der Waals surface area contributed by atoms with E-state index in [1.807, 2.05) is 20.8 Å². The molecule has 0 aromatic carbocycles. The van der Waals surface area contributed by atoms with Crippen LogP contribution in [0.3, 0.4) is 0 Å². The van der Waals surface area contributed by atoms with Gasteiger partial charge in [0.15, 0.2) is 0 Å². The Morgan fingerprint density at radius 2 is 1.85 bits per heavy atom. The van der Waals surface area contributed by atoms with Crippen LogP contribution in [0.4, 0.5) is 0 Å². The molecule has 80 valence electrons. The maximum atomic E-state index is 9.51. The van der Waals surface area contributed by atoms with Gasteiger partial charge >= 0.3 is 0 Å². The Bertz CT molecular complexity index is 129. The number of rotatable bonds is 5. The van der Waals surface area contributed by atoms with E-state index in [1.54, 1.807) is 0 Å². The second kappa shape index (κ2) is 5.58. The minimum Gasteiger partial charge on any atom is -0.385 e. The van der Waals surface area contributed by atoms with Crippen LogP contribution in [0.5, 0.6) is 0 Å². The van der Waals surface area contributed by atoms with Gasteiger partial charge in [-0.25, -0.2) is 0 Å². The molecule has 1 atom stereocenters. The van der Waals surface area contributed by atoms with Crippen molar-refractivity contribution < 1.29 is 15.2 Å². The van der Waals surface area contributed by atoms with Crippen molar-refractivity contribution in [3.05, 3.63) is 0 Å². The third-order valence-corrected chi connectivity index (χ3v) is 1.59. The second-order valence-corrected chi connectivity index (χ2v) is 4.79. The SMILES string of the molecule is CC(C)[NH2+]C[C@@H](O)COC(C)(C)C. The number of aliphatic hydroxyl groups is 1. The van der Waals surface area contributed by atoms with Gasteiger partial charge in [-0.3, -0.25) is 0 Å². The van der Waals surface area contributed by atoms with E-state index in [0.29, 0.717) is 19.2 Å². The predicted octanol–water partition coefficient (Wildman–Crippen LogP) is 0.134. The minimum absolute atomic E-state index is 0.154. The molecule has 0 fully saturated rings. The van der Waals surface area contributed by atoms with Gasteiger partial charge in [0.2, 0.25) is 0 Å². The Morgan fingerprint density at radius 1 is 1.31 bits per heavy atom. The maximum absolute atomic E-state index is 9.51. The Morgan fingerprint density at radius 3 is 2.23 bits per heavy atom. The summed E-state index contributed by atoms with van der Waals surface area (Å²) >= 11 is 0. The van der Waals surface area contributed by atoms with E-state index in [4.69, 9.17) is 4.74 Å². The molecule has 0 spiro atoms. The van der Waals surface area contributed by atoms with E-state index in [0.717, 1.165) is 0 Å². The third-order valence-electron chi connectivity index (χ3n) is 1.59. The Balaban J connectivity index is 3.46. The van der Waals surface area contributed by atoms with Crippen LogP contribution in [0.25, 0.3) is 0 Å². The largest absolute Gasteiger partial charge is 0.385 e. The highest BCUT2D eigenvalue weighted by Crippen LogP contribution is 2.06. The second-order valence-electron chi connectivity index (χ2n) is 4.79. The first kappa shape index (κ1) is 12.9. The van der Waals surface area contributed by atoms with Gasteiger partial charge in [0.05, 0.1) is 18.2 Å². The number of aliphatic hydroxyl groups excluding tert-OH is 1. The van der Waals surface area contributed by atoms with E-state index >= 15 is 0 Å². The lowest BCUT2D eigenvalue weighted by molar-refractivity contribution is -0.688. The van der Waals surface area contributed by atoms with Gasteiger partial charge in [-0.1, -0.05) is 0 Å². The molecular formula is C10H24NO2+. The summed E-state index contributed by atoms with van der Waals surface area (Å²) in [5, 5.41) is 11.6. The average Bonchev–Trinajstić information content (AvgIpc) is 1.95. The molecule has 0 aromatic rings. The van der Waals surface area contributed by atoms with Crippen LogP contribution in [0.2, 0.25) is 0 Å². The average molecular weight is 190 g/mol. The van der Waals surface area contributed by atoms with Crippen LogP contribution in [0.1, 0.15) is 34.6 Å². The number of hydrogen-bond acceptors (Lipinski definition) is 2. The van der Waals surface area contributed by atoms with Crippen LogP contribution >= 0.6 is 0 Å². The molecule has 0 rings (SSSR count). The highest BCUT2D eigenvalue weighted by Gasteiger charge is 2.14. The molecule has 3 N–H and O–H groups in total. The lowest BCUT2D eigenvalue weighted by Crippen LogP contribution is -2.90. The van der Waals surface area contributed by atoms with Crippen LogP contribution in [0, 0.1) is 0 Å². The van der Waals surface area contributed by atoms with Crippen molar-refractivity contribution in [2.24, 2.45) is 0 Å². The number of hydrogen-bond donors (Lipinski definition) is 2. The zero-order chi connectivity index (χ0) is 10.5. The molecule has 0 saturated heterocycles. The lowest BCUT2D eigenvalue weighted by atomic mass is 10.2. The fourth-order valence-corrected chi connectivity index (χ4v) is 0.843. The highest BCUT2D eigenvalue weighted by atomic mass is 16.5. The summed E-state index contributed by atoms with van der Waals surface area (Å²) in [5.74, 6) is 0. The van der Waals surface area contributed by atoms with Gasteiger partial charge in [0.1, 0.15) is 12.6 Å². The van der Waals surface area contributed by atoms with Crippen molar-refractivity contribution in [1.29, 1.82) is 0 Å². The zero-order valence-corrected chi connectivity index (χ0v) is 9.50. The Labute approximate surface area is 81.5 Å². The van der Waals surface area contributed by atoms with E-state index in [9.17, 15) is 5.11 Å². The molecule has 3 nitrogen and oxygen atoms in total. The predicted molar refractivity (Wildman–Crippen MR) is 53.6 cm³/mol. The molecule has 3 heteroatoms. The molecule has 0 bridgehead atoms. The number of nitrogens with two attached hydrogens (primary N) is 1.